The molecule has 0 radical (unpaired) electrons. The molecule has 136 valence electrons. The second-order valence-electron chi connectivity index (χ2n) is 6.71. The highest BCUT2D eigenvalue weighted by Gasteiger charge is 2.11. The lowest BCUT2D eigenvalue weighted by Gasteiger charge is -2.07. The molecule has 27 heavy (non-hydrogen) atoms. The van der Waals surface area contributed by atoms with Gasteiger partial charge >= 0.3 is 5.97 Å². The Bertz CT molecular complexity index is 1030. The number of benzene rings is 1. The van der Waals surface area contributed by atoms with Gasteiger partial charge in [0.05, 0.1) is 0 Å². The number of rotatable bonds is 7. The van der Waals surface area contributed by atoms with Gasteiger partial charge in [0, 0.05) is 36.1 Å². The summed E-state index contributed by atoms with van der Waals surface area (Å²) in [6, 6.07) is 16.4. The smallest absolute Gasteiger partial charge is 0.303 e. The number of hydrogen-bond acceptors (Lipinski definition) is 3. The third-order valence-corrected chi connectivity index (χ3v) is 4.87. The molecule has 4 aromatic rings. The maximum absolute atomic E-state index is 10.7. The molecule has 0 aliphatic heterocycles. The number of pyridine rings is 2. The molecule has 0 atom stereocenters. The van der Waals surface area contributed by atoms with Crippen LogP contribution in [0.5, 0.6) is 0 Å². The number of aliphatic carboxylic acids is 1. The molecule has 0 amide bonds. The van der Waals surface area contributed by atoms with Gasteiger partial charge in [0.15, 0.2) is 0 Å². The van der Waals surface area contributed by atoms with Crippen LogP contribution in [-0.2, 0) is 24.2 Å². The Morgan fingerprint density at radius 1 is 0.852 bits per heavy atom. The van der Waals surface area contributed by atoms with Gasteiger partial charge in [-0.1, -0.05) is 24.3 Å². The monoisotopic (exact) mass is 359 g/mol. The van der Waals surface area contributed by atoms with Crippen LogP contribution in [0.4, 0.5) is 0 Å². The van der Waals surface area contributed by atoms with Crippen molar-refractivity contribution in [1.82, 2.24) is 14.5 Å². The van der Waals surface area contributed by atoms with Crippen LogP contribution in [0, 0.1) is 0 Å². The fourth-order valence-electron chi connectivity index (χ4n) is 3.52. The van der Waals surface area contributed by atoms with E-state index in [4.69, 9.17) is 5.11 Å². The van der Waals surface area contributed by atoms with Gasteiger partial charge in [-0.15, -0.1) is 0 Å². The first-order valence-corrected chi connectivity index (χ1v) is 9.20. The number of carboxylic acids is 1. The van der Waals surface area contributed by atoms with Crippen molar-refractivity contribution in [2.24, 2.45) is 0 Å². The van der Waals surface area contributed by atoms with E-state index in [-0.39, 0.29) is 6.42 Å². The van der Waals surface area contributed by atoms with E-state index in [2.05, 4.69) is 38.8 Å². The summed E-state index contributed by atoms with van der Waals surface area (Å²) in [5.41, 5.74) is 4.29. The minimum Gasteiger partial charge on any atom is -0.481 e. The topological polar surface area (TPSA) is 68.0 Å². The summed E-state index contributed by atoms with van der Waals surface area (Å²) in [6.07, 6.45) is 6.35. The Balaban J connectivity index is 1.47. The lowest BCUT2D eigenvalue weighted by atomic mass is 10.0. The summed E-state index contributed by atoms with van der Waals surface area (Å²) >= 11 is 0. The molecular weight excluding hydrogens is 338 g/mol. The van der Waals surface area contributed by atoms with Crippen LogP contribution < -0.4 is 0 Å². The lowest BCUT2D eigenvalue weighted by molar-refractivity contribution is -0.136. The van der Waals surface area contributed by atoms with Crippen LogP contribution >= 0.6 is 0 Å². The summed E-state index contributed by atoms with van der Waals surface area (Å²) in [4.78, 5) is 19.8. The Morgan fingerprint density at radius 3 is 1.96 bits per heavy atom. The molecule has 0 fully saturated rings. The van der Waals surface area contributed by atoms with Gasteiger partial charge in [0.25, 0.3) is 0 Å². The summed E-state index contributed by atoms with van der Waals surface area (Å²) in [5, 5.41) is 11.1. The number of aryl methyl sites for hydroxylation is 3. The Hall–Kier alpha value is -3.21. The average molecular weight is 359 g/mol. The lowest BCUT2D eigenvalue weighted by Crippen LogP contribution is -2.02. The van der Waals surface area contributed by atoms with E-state index in [0.29, 0.717) is 6.42 Å². The Labute approximate surface area is 157 Å². The fourth-order valence-corrected chi connectivity index (χ4v) is 3.52. The number of nitrogens with zero attached hydrogens (tertiary/aromatic N) is 3. The van der Waals surface area contributed by atoms with Crippen LogP contribution in [0.25, 0.3) is 22.1 Å². The number of carboxylic acid groups (broad SMARTS) is 1. The summed E-state index contributed by atoms with van der Waals surface area (Å²) in [5.74, 6) is -0.757. The van der Waals surface area contributed by atoms with Crippen molar-refractivity contribution in [2.45, 2.75) is 32.2 Å². The first kappa shape index (κ1) is 17.2. The Kier molecular flexibility index (Phi) is 4.83. The molecule has 0 aliphatic rings. The van der Waals surface area contributed by atoms with Crippen LogP contribution in [-0.4, -0.2) is 25.6 Å². The molecule has 5 nitrogen and oxygen atoms in total. The first-order chi connectivity index (χ1) is 13.2. The molecule has 1 N–H and O–H groups in total. The maximum Gasteiger partial charge on any atom is 0.303 e. The SMILES string of the molecule is O=C(O)CCc1ccc(CCCn2c3ncccc3c3cccnc32)cc1. The quantitative estimate of drug-likeness (QED) is 0.536. The van der Waals surface area contributed by atoms with Gasteiger partial charge in [-0.25, -0.2) is 9.97 Å². The van der Waals surface area contributed by atoms with Crippen molar-refractivity contribution in [3.8, 4) is 0 Å². The van der Waals surface area contributed by atoms with E-state index in [1.54, 1.807) is 0 Å². The van der Waals surface area contributed by atoms with Crippen LogP contribution in [0.3, 0.4) is 0 Å². The Morgan fingerprint density at radius 2 is 1.41 bits per heavy atom. The molecule has 0 bridgehead atoms. The van der Waals surface area contributed by atoms with Crippen molar-refractivity contribution in [1.29, 1.82) is 0 Å². The number of carbonyl (C=O) groups is 1. The molecule has 0 aliphatic carbocycles. The second kappa shape index (κ2) is 7.58. The van der Waals surface area contributed by atoms with Crippen molar-refractivity contribution < 1.29 is 9.90 Å². The average Bonchev–Trinajstić information content (AvgIpc) is 3.02. The van der Waals surface area contributed by atoms with Crippen molar-refractivity contribution >= 4 is 28.0 Å². The molecule has 5 heteroatoms. The minimum absolute atomic E-state index is 0.174. The van der Waals surface area contributed by atoms with Gasteiger partial charge in [-0.05, 0) is 54.7 Å². The maximum atomic E-state index is 10.7. The highest BCUT2D eigenvalue weighted by Crippen LogP contribution is 2.26. The van der Waals surface area contributed by atoms with Crippen LogP contribution in [0.2, 0.25) is 0 Å². The molecule has 0 unspecified atom stereocenters. The van der Waals surface area contributed by atoms with Gasteiger partial charge < -0.3 is 9.67 Å². The molecule has 0 saturated heterocycles. The molecule has 0 saturated carbocycles. The zero-order valence-corrected chi connectivity index (χ0v) is 15.0. The fraction of sp³-hybridized carbons (Fsp3) is 0.227. The van der Waals surface area contributed by atoms with Crippen molar-refractivity contribution in [3.05, 3.63) is 72.1 Å². The predicted molar refractivity (Wildman–Crippen MR) is 106 cm³/mol. The summed E-state index contributed by atoms with van der Waals surface area (Å²) in [7, 11) is 0. The molecule has 3 heterocycles. The van der Waals surface area contributed by atoms with E-state index >= 15 is 0 Å². The van der Waals surface area contributed by atoms with Gasteiger partial charge in [-0.3, -0.25) is 4.79 Å². The van der Waals surface area contributed by atoms with Gasteiger partial charge in [0.2, 0.25) is 0 Å². The van der Waals surface area contributed by atoms with Crippen LogP contribution in [0.1, 0.15) is 24.0 Å². The molecule has 3 aromatic heterocycles. The molecule has 1 aromatic carbocycles. The highest BCUT2D eigenvalue weighted by atomic mass is 16.4. The summed E-state index contributed by atoms with van der Waals surface area (Å²) in [6.45, 7) is 0.856. The minimum atomic E-state index is -0.757. The second-order valence-corrected chi connectivity index (χ2v) is 6.71. The largest absolute Gasteiger partial charge is 0.481 e. The van der Waals surface area contributed by atoms with E-state index < -0.39 is 5.97 Å². The van der Waals surface area contributed by atoms with Gasteiger partial charge in [-0.2, -0.15) is 0 Å². The van der Waals surface area contributed by atoms with E-state index in [1.807, 2.05) is 36.7 Å². The predicted octanol–water partition coefficient (Wildman–Crippen LogP) is 4.23. The third kappa shape index (κ3) is 3.67. The molecule has 4 rings (SSSR count). The normalized spacial score (nSPS) is 11.3. The number of aromatic nitrogens is 3. The highest BCUT2D eigenvalue weighted by molar-refractivity contribution is 6.04. The van der Waals surface area contributed by atoms with E-state index in [1.165, 1.54) is 5.56 Å². The van der Waals surface area contributed by atoms with Gasteiger partial charge in [0.1, 0.15) is 11.3 Å². The summed E-state index contributed by atoms with van der Waals surface area (Å²) < 4.78 is 2.20. The third-order valence-electron chi connectivity index (χ3n) is 4.87. The number of fused-ring (bicyclic) bond motifs is 3. The van der Waals surface area contributed by atoms with Crippen LogP contribution in [0.15, 0.2) is 60.9 Å². The molecular formula is C22H21N3O2. The van der Waals surface area contributed by atoms with Crippen molar-refractivity contribution in [2.75, 3.05) is 0 Å². The zero-order chi connectivity index (χ0) is 18.6. The first-order valence-electron chi connectivity index (χ1n) is 9.20. The zero-order valence-electron chi connectivity index (χ0n) is 15.0. The van der Waals surface area contributed by atoms with E-state index in [9.17, 15) is 4.79 Å². The standard InChI is InChI=1S/C22H21N3O2/c26-20(27)12-11-17-9-7-16(8-10-17)4-3-15-25-21-18(5-1-13-23-21)19-6-2-14-24-22(19)25/h1-2,5-10,13-14H,3-4,11-12,15H2,(H,26,27). The van der Waals surface area contributed by atoms with Crippen molar-refractivity contribution in [3.63, 3.8) is 0 Å². The molecule has 0 spiro atoms. The number of hydrogen-bond donors (Lipinski definition) is 1. The van der Waals surface area contributed by atoms with E-state index in [0.717, 1.165) is 47.0 Å².